The third-order valence-electron chi connectivity index (χ3n) is 6.31. The summed E-state index contributed by atoms with van der Waals surface area (Å²) < 4.78 is 34.3. The maximum absolute atomic E-state index is 13.6. The lowest BCUT2D eigenvalue weighted by Crippen LogP contribution is -2.42. The van der Waals surface area contributed by atoms with Gasteiger partial charge in [0, 0.05) is 31.3 Å². The molecule has 2 N–H and O–H groups in total. The van der Waals surface area contributed by atoms with Crippen molar-refractivity contribution in [1.82, 2.24) is 4.90 Å². The Hall–Kier alpha value is -1.63. The SMILES string of the molecule is CC(C)(O)CN(c1cccc2c1NC(C1=NCC(CN3CCOCC3)S1)C2)S(=O)(=O)c1cccs1. The summed E-state index contributed by atoms with van der Waals surface area (Å²) in [6, 6.07) is 9.11. The van der Waals surface area contributed by atoms with E-state index in [4.69, 9.17) is 9.73 Å². The quantitative estimate of drug-likeness (QED) is 0.536. The first-order valence-corrected chi connectivity index (χ1v) is 15.1. The molecule has 3 aliphatic rings. The van der Waals surface area contributed by atoms with Crippen LogP contribution in [0.5, 0.6) is 0 Å². The Balaban J connectivity index is 1.36. The number of aliphatic imine (C=N–C) groups is 1. The topological polar surface area (TPSA) is 94.5 Å². The third-order valence-corrected chi connectivity index (χ3v) is 10.7. The second kappa shape index (κ2) is 10.0. The first kappa shape index (κ1) is 25.0. The molecule has 1 fully saturated rings. The van der Waals surface area contributed by atoms with Crippen LogP contribution in [0, 0.1) is 0 Å². The van der Waals surface area contributed by atoms with E-state index in [2.05, 4.69) is 10.2 Å². The number of thiophene rings is 1. The van der Waals surface area contributed by atoms with Gasteiger partial charge in [-0.3, -0.25) is 14.2 Å². The van der Waals surface area contributed by atoms with Gasteiger partial charge in [0.15, 0.2) is 0 Å². The minimum Gasteiger partial charge on any atom is -0.389 e. The van der Waals surface area contributed by atoms with Crippen LogP contribution in [0.4, 0.5) is 11.4 Å². The van der Waals surface area contributed by atoms with Gasteiger partial charge in [-0.25, -0.2) is 8.42 Å². The Morgan fingerprint density at radius 2 is 2.06 bits per heavy atom. The summed E-state index contributed by atoms with van der Waals surface area (Å²) in [5.41, 5.74) is 1.23. The van der Waals surface area contributed by atoms with E-state index in [1.165, 1.54) is 15.6 Å². The van der Waals surface area contributed by atoms with Gasteiger partial charge in [0.2, 0.25) is 0 Å². The van der Waals surface area contributed by atoms with Crippen LogP contribution in [-0.4, -0.2) is 86.3 Å². The summed E-state index contributed by atoms with van der Waals surface area (Å²) in [5, 5.41) is 17.4. The van der Waals surface area contributed by atoms with E-state index in [-0.39, 0.29) is 16.8 Å². The van der Waals surface area contributed by atoms with Gasteiger partial charge in [-0.2, -0.15) is 0 Å². The normalized spacial score (nSPS) is 23.1. The molecule has 0 saturated carbocycles. The van der Waals surface area contributed by atoms with Crippen molar-refractivity contribution >= 4 is 49.5 Å². The van der Waals surface area contributed by atoms with E-state index in [1.807, 2.05) is 30.0 Å². The maximum Gasteiger partial charge on any atom is 0.273 e. The van der Waals surface area contributed by atoms with E-state index in [9.17, 15) is 13.5 Å². The van der Waals surface area contributed by atoms with Crippen molar-refractivity contribution in [3.05, 3.63) is 41.3 Å². The fourth-order valence-corrected chi connectivity index (χ4v) is 8.66. The number of benzene rings is 1. The highest BCUT2D eigenvalue weighted by atomic mass is 32.2. The minimum atomic E-state index is -3.83. The van der Waals surface area contributed by atoms with Crippen LogP contribution >= 0.6 is 23.1 Å². The van der Waals surface area contributed by atoms with E-state index in [1.54, 1.807) is 31.4 Å². The zero-order valence-corrected chi connectivity index (χ0v) is 22.5. The fraction of sp³-hybridized carbons (Fsp3) is 0.542. The van der Waals surface area contributed by atoms with Crippen LogP contribution in [0.2, 0.25) is 0 Å². The van der Waals surface area contributed by atoms with Gasteiger partial charge in [-0.05, 0) is 36.9 Å². The Labute approximate surface area is 215 Å². The lowest BCUT2D eigenvalue weighted by atomic mass is 10.1. The molecule has 5 rings (SSSR count). The molecular weight excluding hydrogens is 504 g/mol. The van der Waals surface area contributed by atoms with Gasteiger partial charge < -0.3 is 15.2 Å². The van der Waals surface area contributed by atoms with E-state index >= 15 is 0 Å². The zero-order valence-electron chi connectivity index (χ0n) is 20.0. The summed E-state index contributed by atoms with van der Waals surface area (Å²) in [7, 11) is -3.83. The van der Waals surface area contributed by atoms with Gasteiger partial charge in [-0.15, -0.1) is 23.1 Å². The van der Waals surface area contributed by atoms with Gasteiger partial charge in [0.1, 0.15) is 4.21 Å². The number of sulfonamides is 1. The molecule has 1 saturated heterocycles. The number of aliphatic hydroxyl groups is 1. The van der Waals surface area contributed by atoms with Crippen LogP contribution in [0.3, 0.4) is 0 Å². The highest BCUT2D eigenvalue weighted by molar-refractivity contribution is 8.15. The largest absolute Gasteiger partial charge is 0.389 e. The summed E-state index contributed by atoms with van der Waals surface area (Å²) >= 11 is 3.02. The number of anilines is 2. The highest BCUT2D eigenvalue weighted by Gasteiger charge is 2.37. The monoisotopic (exact) mass is 536 g/mol. The smallest absolute Gasteiger partial charge is 0.273 e. The number of rotatable bonds is 8. The number of hydrogen-bond acceptors (Lipinski definition) is 9. The second-order valence-corrected chi connectivity index (χ2v) is 14.2. The molecule has 2 aromatic rings. The van der Waals surface area contributed by atoms with E-state index in [0.29, 0.717) is 10.9 Å². The Morgan fingerprint density at radius 3 is 2.77 bits per heavy atom. The molecule has 1 aromatic carbocycles. The molecule has 35 heavy (non-hydrogen) atoms. The summed E-state index contributed by atoms with van der Waals surface area (Å²) in [4.78, 5) is 7.30. The molecule has 2 unspecified atom stereocenters. The highest BCUT2D eigenvalue weighted by Crippen LogP contribution is 2.41. The fourth-order valence-electron chi connectivity index (χ4n) is 4.69. The Bertz CT molecular complexity index is 1170. The predicted octanol–water partition coefficient (Wildman–Crippen LogP) is 2.90. The van der Waals surface area contributed by atoms with Gasteiger partial charge in [0.25, 0.3) is 10.0 Å². The van der Waals surface area contributed by atoms with Gasteiger partial charge in [0.05, 0.1) is 54.4 Å². The second-order valence-electron chi connectivity index (χ2n) is 9.80. The van der Waals surface area contributed by atoms with Crippen molar-refractivity contribution in [3.8, 4) is 0 Å². The zero-order chi connectivity index (χ0) is 24.6. The first-order valence-electron chi connectivity index (χ1n) is 11.9. The van der Waals surface area contributed by atoms with Crippen molar-refractivity contribution in [2.45, 2.75) is 41.4 Å². The van der Waals surface area contributed by atoms with Crippen LogP contribution < -0.4 is 9.62 Å². The van der Waals surface area contributed by atoms with Crippen molar-refractivity contribution in [2.75, 3.05) is 55.6 Å². The Morgan fingerprint density at radius 1 is 1.26 bits per heavy atom. The van der Waals surface area contributed by atoms with Gasteiger partial charge >= 0.3 is 0 Å². The maximum atomic E-state index is 13.6. The van der Waals surface area contributed by atoms with Crippen molar-refractivity contribution in [2.24, 2.45) is 4.99 Å². The average Bonchev–Trinajstić information content (AvgIpc) is 3.57. The number of morpholine rings is 1. The molecule has 0 amide bonds. The summed E-state index contributed by atoms with van der Waals surface area (Å²) in [6.45, 7) is 8.54. The van der Waals surface area contributed by atoms with Crippen LogP contribution in [0.25, 0.3) is 0 Å². The third kappa shape index (κ3) is 5.55. The van der Waals surface area contributed by atoms with Crippen LogP contribution in [0.1, 0.15) is 19.4 Å². The predicted molar refractivity (Wildman–Crippen MR) is 144 cm³/mol. The standard InChI is InChI=1S/C24H32N4O4S3/c1-24(2,29)16-28(35(30,31)21-7-4-12-33-21)20-6-3-5-17-13-19(26-22(17)20)23-25-14-18(34-23)15-27-8-10-32-11-9-27/h3-7,12,18-19,26,29H,8-11,13-16H2,1-2H3. The lowest BCUT2D eigenvalue weighted by Gasteiger charge is -2.31. The molecule has 8 nitrogen and oxygen atoms in total. The number of nitrogens with one attached hydrogen (secondary N) is 1. The number of para-hydroxylation sites is 1. The molecule has 1 aromatic heterocycles. The molecule has 11 heteroatoms. The first-order chi connectivity index (χ1) is 16.7. The molecule has 0 aliphatic carbocycles. The molecular formula is C24H32N4O4S3. The van der Waals surface area contributed by atoms with Crippen LogP contribution in [0.15, 0.2) is 44.9 Å². The summed E-state index contributed by atoms with van der Waals surface area (Å²) in [6.07, 6.45) is 0.759. The average molecular weight is 537 g/mol. The van der Waals surface area contributed by atoms with Crippen molar-refractivity contribution < 1.29 is 18.3 Å². The Kier molecular flexibility index (Phi) is 7.17. The molecule has 190 valence electrons. The number of fused-ring (bicyclic) bond motifs is 1. The van der Waals surface area contributed by atoms with Gasteiger partial charge in [-0.1, -0.05) is 18.2 Å². The van der Waals surface area contributed by atoms with E-state index < -0.39 is 15.6 Å². The van der Waals surface area contributed by atoms with Crippen molar-refractivity contribution in [3.63, 3.8) is 0 Å². The number of hydrogen-bond donors (Lipinski definition) is 2. The molecule has 3 aliphatic heterocycles. The molecule has 0 radical (unpaired) electrons. The summed E-state index contributed by atoms with van der Waals surface area (Å²) in [5.74, 6) is 0. The van der Waals surface area contributed by atoms with Crippen molar-refractivity contribution in [1.29, 1.82) is 0 Å². The molecule has 0 spiro atoms. The molecule has 4 heterocycles. The van der Waals surface area contributed by atoms with Crippen LogP contribution in [-0.2, 0) is 21.2 Å². The number of nitrogens with zero attached hydrogens (tertiary/aromatic N) is 3. The molecule has 0 bridgehead atoms. The molecule has 2 atom stereocenters. The van der Waals surface area contributed by atoms with E-state index in [0.717, 1.165) is 62.1 Å². The minimum absolute atomic E-state index is 0.0271. The number of ether oxygens (including phenoxy) is 1. The number of thioether (sulfide) groups is 1. The lowest BCUT2D eigenvalue weighted by molar-refractivity contribution is 0.0385.